The van der Waals surface area contributed by atoms with E-state index in [4.69, 9.17) is 11.5 Å². The molecule has 11 heteroatoms. The highest BCUT2D eigenvalue weighted by atomic mass is 16.5. The molecule has 144 valence electrons. The fraction of sp³-hybridized carbons (Fsp3) is 0.857. The van der Waals surface area contributed by atoms with Crippen molar-refractivity contribution in [1.29, 1.82) is 0 Å². The zero-order chi connectivity index (χ0) is 18.6. The summed E-state index contributed by atoms with van der Waals surface area (Å²) in [7, 11) is 1.55. The first-order valence-corrected chi connectivity index (χ1v) is 8.36. The number of nitrogens with zero attached hydrogens (tertiary/aromatic N) is 3. The molecule has 9 N–H and O–H groups in total. The zero-order valence-corrected chi connectivity index (χ0v) is 14.4. The molecule has 25 heavy (non-hydrogen) atoms. The molecule has 1 amide bonds. The van der Waals surface area contributed by atoms with E-state index in [1.54, 1.807) is 16.8 Å². The summed E-state index contributed by atoms with van der Waals surface area (Å²) in [5, 5.41) is 35.2. The second-order valence-electron chi connectivity index (χ2n) is 6.47. The van der Waals surface area contributed by atoms with E-state index >= 15 is 0 Å². The average molecular weight is 359 g/mol. The van der Waals surface area contributed by atoms with Gasteiger partial charge in [-0.2, -0.15) is 0 Å². The Bertz CT molecular complexity index is 502. The van der Waals surface area contributed by atoms with Crippen molar-refractivity contribution in [3.63, 3.8) is 0 Å². The summed E-state index contributed by atoms with van der Waals surface area (Å²) in [6.45, 7) is 0.706. The van der Waals surface area contributed by atoms with Crippen LogP contribution in [-0.2, 0) is 4.79 Å². The largest absolute Gasteiger partial charge is 0.394 e. The van der Waals surface area contributed by atoms with Gasteiger partial charge in [0.15, 0.2) is 11.7 Å². The number of nitrogens with two attached hydrogens (primary N) is 2. The lowest BCUT2D eigenvalue weighted by molar-refractivity contribution is -0.169. The van der Waals surface area contributed by atoms with Gasteiger partial charge in [0.2, 0.25) is 5.91 Å². The van der Waals surface area contributed by atoms with Crippen LogP contribution < -0.4 is 22.1 Å². The van der Waals surface area contributed by atoms with Gasteiger partial charge in [-0.3, -0.25) is 15.0 Å². The smallest absolute Gasteiger partial charge is 0.221 e. The molecule has 0 spiro atoms. The minimum atomic E-state index is -1.94. The molecular weight excluding hydrogens is 330 g/mol. The van der Waals surface area contributed by atoms with Gasteiger partial charge >= 0.3 is 0 Å². The van der Waals surface area contributed by atoms with Crippen molar-refractivity contribution < 1.29 is 20.1 Å². The number of β-amino-alcohol motifs (C(OH)–C–C–N with tert-alkyl or cyclic N) is 2. The SMILES string of the molecule is CNC(=O)CCN1C(N)NCC(O)(O)CCN2CC1C(CO)N=C2N. The van der Waals surface area contributed by atoms with Crippen LogP contribution in [0.25, 0.3) is 0 Å². The maximum Gasteiger partial charge on any atom is 0.221 e. The fourth-order valence-corrected chi connectivity index (χ4v) is 3.13. The number of guanidine groups is 1. The molecular formula is C14H29N7O4. The zero-order valence-electron chi connectivity index (χ0n) is 14.4. The number of aliphatic hydroxyl groups is 3. The van der Waals surface area contributed by atoms with Gasteiger partial charge < -0.3 is 37.0 Å². The molecule has 1 fully saturated rings. The molecule has 2 aliphatic heterocycles. The molecule has 0 aromatic heterocycles. The van der Waals surface area contributed by atoms with Gasteiger partial charge in [-0.05, 0) is 0 Å². The highest BCUT2D eigenvalue weighted by Gasteiger charge is 2.38. The third kappa shape index (κ3) is 5.00. The van der Waals surface area contributed by atoms with Crippen molar-refractivity contribution in [3.8, 4) is 0 Å². The maximum atomic E-state index is 11.6. The Morgan fingerprint density at radius 2 is 2.24 bits per heavy atom. The molecule has 2 aliphatic rings. The predicted molar refractivity (Wildman–Crippen MR) is 91.0 cm³/mol. The Kier molecular flexibility index (Phi) is 6.54. The molecule has 0 aromatic carbocycles. The molecule has 0 aromatic rings. The van der Waals surface area contributed by atoms with Crippen LogP contribution in [0.1, 0.15) is 12.8 Å². The number of aliphatic hydroxyl groups excluding tert-OH is 1. The van der Waals surface area contributed by atoms with Gasteiger partial charge in [-0.1, -0.05) is 0 Å². The summed E-state index contributed by atoms with van der Waals surface area (Å²) < 4.78 is 0. The Balaban J connectivity index is 2.27. The number of carbonyl (C=O) groups is 1. The van der Waals surface area contributed by atoms with Crippen LogP contribution >= 0.6 is 0 Å². The standard InChI is InChI=1S/C14H29N7O4/c1-17-11(23)2-4-21-10-6-20(13(16)19-9(10)7-22)5-3-14(24,25)8-18-12(21)15/h9-10,12,18,22,24-25H,2-8,15H2,1H3,(H2,16,19)(H,17,23). The van der Waals surface area contributed by atoms with Crippen molar-refractivity contribution in [2.75, 3.05) is 39.8 Å². The topological polar surface area (TPSA) is 173 Å². The van der Waals surface area contributed by atoms with E-state index in [-0.39, 0.29) is 43.9 Å². The fourth-order valence-electron chi connectivity index (χ4n) is 3.13. The number of aliphatic imine (C=N–C) groups is 1. The Morgan fingerprint density at radius 1 is 1.52 bits per heavy atom. The lowest BCUT2D eigenvalue weighted by atomic mass is 10.0. The highest BCUT2D eigenvalue weighted by Crippen LogP contribution is 2.20. The average Bonchev–Trinajstić information content (AvgIpc) is 2.58. The van der Waals surface area contributed by atoms with Crippen molar-refractivity contribution >= 4 is 11.9 Å². The van der Waals surface area contributed by atoms with Gasteiger partial charge in [0, 0.05) is 39.5 Å². The van der Waals surface area contributed by atoms with Gasteiger partial charge in [-0.25, -0.2) is 4.99 Å². The third-order valence-electron chi connectivity index (χ3n) is 4.70. The number of fused-ring (bicyclic) bond motifs is 2. The van der Waals surface area contributed by atoms with Crippen LogP contribution in [0.2, 0.25) is 0 Å². The second kappa shape index (κ2) is 8.25. The molecule has 2 heterocycles. The summed E-state index contributed by atoms with van der Waals surface area (Å²) in [5.74, 6) is -1.83. The summed E-state index contributed by atoms with van der Waals surface area (Å²) in [4.78, 5) is 19.5. The number of rotatable bonds is 4. The summed E-state index contributed by atoms with van der Waals surface area (Å²) in [6, 6.07) is -0.740. The Labute approximate surface area is 146 Å². The predicted octanol–water partition coefficient (Wildman–Crippen LogP) is -4.30. The van der Waals surface area contributed by atoms with Gasteiger partial charge in [0.1, 0.15) is 6.29 Å². The summed E-state index contributed by atoms with van der Waals surface area (Å²) in [5.41, 5.74) is 12.1. The molecule has 0 saturated carbocycles. The molecule has 2 bridgehead atoms. The number of nitrogens with one attached hydrogen (secondary N) is 2. The highest BCUT2D eigenvalue weighted by molar-refractivity contribution is 5.79. The first-order valence-electron chi connectivity index (χ1n) is 8.36. The molecule has 0 radical (unpaired) electrons. The molecule has 3 atom stereocenters. The van der Waals surface area contributed by atoms with Crippen LogP contribution in [0.3, 0.4) is 0 Å². The molecule has 1 saturated heterocycles. The molecule has 0 aliphatic carbocycles. The van der Waals surface area contributed by atoms with E-state index in [0.29, 0.717) is 19.6 Å². The Hall–Kier alpha value is -1.50. The van der Waals surface area contributed by atoms with E-state index in [1.165, 1.54) is 0 Å². The number of carbonyl (C=O) groups excluding carboxylic acids is 1. The van der Waals surface area contributed by atoms with Crippen LogP contribution in [-0.4, -0.2) is 101 Å². The van der Waals surface area contributed by atoms with Crippen molar-refractivity contribution in [2.45, 2.75) is 37.0 Å². The monoisotopic (exact) mass is 359 g/mol. The molecule has 11 nitrogen and oxygen atoms in total. The minimum absolute atomic E-state index is 0.0672. The lowest BCUT2D eigenvalue weighted by Gasteiger charge is -2.46. The van der Waals surface area contributed by atoms with E-state index in [1.807, 2.05) is 0 Å². The van der Waals surface area contributed by atoms with Crippen molar-refractivity contribution in [3.05, 3.63) is 0 Å². The van der Waals surface area contributed by atoms with Crippen molar-refractivity contribution in [2.24, 2.45) is 16.5 Å². The normalized spacial score (nSPS) is 30.5. The van der Waals surface area contributed by atoms with Crippen LogP contribution in [0.15, 0.2) is 4.99 Å². The lowest BCUT2D eigenvalue weighted by Crippen LogP contribution is -2.67. The quantitative estimate of drug-likeness (QED) is 0.245. The minimum Gasteiger partial charge on any atom is -0.394 e. The number of hydrogen-bond donors (Lipinski definition) is 7. The van der Waals surface area contributed by atoms with E-state index in [2.05, 4.69) is 15.6 Å². The van der Waals surface area contributed by atoms with E-state index in [0.717, 1.165) is 0 Å². The van der Waals surface area contributed by atoms with Crippen LogP contribution in [0, 0.1) is 0 Å². The number of hydrogen-bond acceptors (Lipinski definition) is 10. The van der Waals surface area contributed by atoms with Crippen LogP contribution in [0.4, 0.5) is 0 Å². The maximum absolute atomic E-state index is 11.6. The van der Waals surface area contributed by atoms with Gasteiger partial charge in [0.25, 0.3) is 0 Å². The second-order valence-corrected chi connectivity index (χ2v) is 6.47. The number of amides is 1. The summed E-state index contributed by atoms with van der Waals surface area (Å²) >= 11 is 0. The van der Waals surface area contributed by atoms with Gasteiger partial charge in [-0.15, -0.1) is 0 Å². The third-order valence-corrected chi connectivity index (χ3v) is 4.70. The molecule has 2 rings (SSSR count). The van der Waals surface area contributed by atoms with Crippen molar-refractivity contribution in [1.82, 2.24) is 20.4 Å². The molecule has 3 unspecified atom stereocenters. The van der Waals surface area contributed by atoms with Crippen LogP contribution in [0.5, 0.6) is 0 Å². The van der Waals surface area contributed by atoms with E-state index < -0.39 is 18.1 Å². The summed E-state index contributed by atoms with van der Waals surface area (Å²) in [6.07, 6.45) is -0.460. The first kappa shape index (κ1) is 19.8. The Morgan fingerprint density at radius 3 is 2.88 bits per heavy atom. The van der Waals surface area contributed by atoms with Gasteiger partial charge in [0.05, 0.1) is 25.2 Å². The first-order chi connectivity index (χ1) is 11.8. The van der Waals surface area contributed by atoms with E-state index in [9.17, 15) is 20.1 Å².